The van der Waals surface area contributed by atoms with E-state index in [1.165, 1.54) is 4.72 Å². The average molecular weight is 351 g/mol. The average Bonchev–Trinajstić information content (AvgIpc) is 2.19. The second-order valence-corrected chi connectivity index (χ2v) is 5.83. The number of nitrogens with two attached hydrogens (primary N) is 1. The van der Waals surface area contributed by atoms with E-state index in [2.05, 4.69) is 15.9 Å². The van der Waals surface area contributed by atoms with Crippen LogP contribution in [0.3, 0.4) is 0 Å². The van der Waals surface area contributed by atoms with Gasteiger partial charge in [0.1, 0.15) is 12.4 Å². The third-order valence-corrected chi connectivity index (χ3v) is 4.16. The quantitative estimate of drug-likeness (QED) is 0.647. The number of hydrogen-bond donors (Lipinski definition) is 2. The fourth-order valence-electron chi connectivity index (χ4n) is 1.01. The summed E-state index contributed by atoms with van der Waals surface area (Å²) in [5, 5.41) is 0. The first kappa shape index (κ1) is 15.2. The number of halogens is 5. The summed E-state index contributed by atoms with van der Waals surface area (Å²) < 4.78 is 73.0. The number of nitrogens with one attached hydrogen (secondary N) is 1. The van der Waals surface area contributed by atoms with Gasteiger partial charge in [-0.3, -0.25) is 0 Å². The Kier molecular flexibility index (Phi) is 4.23. The molecule has 0 heterocycles. The Balaban J connectivity index is 3.10. The first-order chi connectivity index (χ1) is 8.03. The molecule has 0 saturated heterocycles. The van der Waals surface area contributed by atoms with Crippen molar-refractivity contribution in [1.82, 2.24) is 4.72 Å². The van der Waals surface area contributed by atoms with Crippen LogP contribution < -0.4 is 10.5 Å². The Bertz CT molecular complexity index is 559. The van der Waals surface area contributed by atoms with Gasteiger partial charge in [-0.05, 0) is 28.1 Å². The summed E-state index contributed by atoms with van der Waals surface area (Å²) >= 11 is 2.74. The van der Waals surface area contributed by atoms with Gasteiger partial charge in [0.2, 0.25) is 10.0 Å². The molecule has 1 aromatic carbocycles. The zero-order valence-corrected chi connectivity index (χ0v) is 11.0. The number of benzene rings is 1. The molecular formula is C8H7BrF4N2O2S. The number of sulfonamides is 1. The van der Waals surface area contributed by atoms with Crippen molar-refractivity contribution in [2.45, 2.75) is 11.1 Å². The molecule has 102 valence electrons. The van der Waals surface area contributed by atoms with E-state index in [0.29, 0.717) is 0 Å². The van der Waals surface area contributed by atoms with Gasteiger partial charge in [-0.2, -0.15) is 13.2 Å². The van der Waals surface area contributed by atoms with Crippen LogP contribution >= 0.6 is 15.9 Å². The van der Waals surface area contributed by atoms with Crippen LogP contribution in [-0.2, 0) is 10.0 Å². The molecule has 18 heavy (non-hydrogen) atoms. The third-order valence-electron chi connectivity index (χ3n) is 1.80. The van der Waals surface area contributed by atoms with Gasteiger partial charge in [0.05, 0.1) is 10.6 Å². The van der Waals surface area contributed by atoms with Crippen molar-refractivity contribution in [1.29, 1.82) is 0 Å². The topological polar surface area (TPSA) is 72.2 Å². The summed E-state index contributed by atoms with van der Waals surface area (Å²) in [6, 6.07) is 1.50. The van der Waals surface area contributed by atoms with Gasteiger partial charge in [-0.25, -0.2) is 17.5 Å². The van der Waals surface area contributed by atoms with Crippen LogP contribution in [0, 0.1) is 5.82 Å². The number of rotatable bonds is 3. The van der Waals surface area contributed by atoms with Crippen LogP contribution in [0.5, 0.6) is 0 Å². The van der Waals surface area contributed by atoms with Gasteiger partial charge in [0.25, 0.3) is 0 Å². The molecule has 1 rings (SSSR count). The first-order valence-electron chi connectivity index (χ1n) is 4.34. The molecule has 0 aliphatic heterocycles. The molecule has 0 fully saturated rings. The molecule has 1 aromatic rings. The fraction of sp³-hybridized carbons (Fsp3) is 0.250. The van der Waals surface area contributed by atoms with Crippen LogP contribution in [0.1, 0.15) is 0 Å². The Morgan fingerprint density at radius 3 is 2.39 bits per heavy atom. The minimum absolute atomic E-state index is 0.219. The molecule has 0 bridgehead atoms. The van der Waals surface area contributed by atoms with E-state index in [1.807, 2.05) is 0 Å². The smallest absolute Gasteiger partial charge is 0.396 e. The van der Waals surface area contributed by atoms with E-state index in [9.17, 15) is 26.0 Å². The number of nitrogen functional groups attached to an aromatic ring is 1. The van der Waals surface area contributed by atoms with Crippen LogP contribution in [0.2, 0.25) is 0 Å². The van der Waals surface area contributed by atoms with E-state index in [-0.39, 0.29) is 4.47 Å². The van der Waals surface area contributed by atoms with Gasteiger partial charge >= 0.3 is 6.18 Å². The maximum Gasteiger partial charge on any atom is 0.402 e. The van der Waals surface area contributed by atoms with Crippen LogP contribution in [0.15, 0.2) is 21.5 Å². The van der Waals surface area contributed by atoms with Crippen LogP contribution in [0.4, 0.5) is 23.2 Å². The van der Waals surface area contributed by atoms with Crippen LogP contribution in [0.25, 0.3) is 0 Å². The normalized spacial score (nSPS) is 12.7. The molecule has 0 aliphatic carbocycles. The van der Waals surface area contributed by atoms with Crippen molar-refractivity contribution in [3.05, 3.63) is 22.4 Å². The number of anilines is 1. The van der Waals surface area contributed by atoms with Gasteiger partial charge in [-0.15, -0.1) is 0 Å². The molecule has 0 spiro atoms. The van der Waals surface area contributed by atoms with Crippen molar-refractivity contribution in [2.24, 2.45) is 0 Å². The standard InChI is InChI=1S/C8H7BrF4N2O2S/c9-4-1-5(10)6(14)2-7(4)18(16,17)15-3-8(11,12)13/h1-2,15H,3,14H2. The van der Waals surface area contributed by atoms with E-state index >= 15 is 0 Å². The predicted octanol–water partition coefficient (Wildman–Crippen LogP) is 2.01. The van der Waals surface area contributed by atoms with Crippen molar-refractivity contribution < 1.29 is 26.0 Å². The zero-order valence-electron chi connectivity index (χ0n) is 8.55. The Hall–Kier alpha value is -0.870. The molecule has 0 atom stereocenters. The summed E-state index contributed by atoms with van der Waals surface area (Å²) in [7, 11) is -4.43. The minimum atomic E-state index is -4.69. The largest absolute Gasteiger partial charge is 0.402 e. The van der Waals surface area contributed by atoms with E-state index in [0.717, 1.165) is 12.1 Å². The fourth-order valence-corrected chi connectivity index (χ4v) is 3.07. The molecule has 0 aliphatic rings. The Labute approximate surface area is 108 Å². The van der Waals surface area contributed by atoms with Crippen molar-refractivity contribution in [3.63, 3.8) is 0 Å². The highest BCUT2D eigenvalue weighted by atomic mass is 79.9. The van der Waals surface area contributed by atoms with Crippen LogP contribution in [-0.4, -0.2) is 21.1 Å². The highest BCUT2D eigenvalue weighted by Gasteiger charge is 2.31. The predicted molar refractivity (Wildman–Crippen MR) is 59.8 cm³/mol. The van der Waals surface area contributed by atoms with Gasteiger partial charge in [-0.1, -0.05) is 0 Å². The van der Waals surface area contributed by atoms with Gasteiger partial charge < -0.3 is 5.73 Å². The lowest BCUT2D eigenvalue weighted by Gasteiger charge is -2.11. The SMILES string of the molecule is Nc1cc(S(=O)(=O)NCC(F)(F)F)c(Br)cc1F. The molecule has 3 N–H and O–H groups in total. The van der Waals surface area contributed by atoms with Crippen molar-refractivity contribution >= 4 is 31.6 Å². The molecule has 0 amide bonds. The van der Waals surface area contributed by atoms with E-state index in [4.69, 9.17) is 5.73 Å². The summed E-state index contributed by atoms with van der Waals surface area (Å²) in [6.45, 7) is -1.72. The Morgan fingerprint density at radius 1 is 1.33 bits per heavy atom. The second kappa shape index (κ2) is 5.02. The maximum atomic E-state index is 13.0. The molecule has 0 saturated carbocycles. The Morgan fingerprint density at radius 2 is 1.89 bits per heavy atom. The highest BCUT2D eigenvalue weighted by molar-refractivity contribution is 9.10. The van der Waals surface area contributed by atoms with Crippen molar-refractivity contribution in [2.75, 3.05) is 12.3 Å². The third kappa shape index (κ3) is 3.82. The number of alkyl halides is 3. The lowest BCUT2D eigenvalue weighted by atomic mass is 10.3. The summed E-state index contributed by atoms with van der Waals surface area (Å²) in [4.78, 5) is -0.564. The monoisotopic (exact) mass is 350 g/mol. The summed E-state index contributed by atoms with van der Waals surface area (Å²) in [5.74, 6) is -0.878. The molecule has 0 aromatic heterocycles. The van der Waals surface area contributed by atoms with Gasteiger partial charge in [0.15, 0.2) is 0 Å². The molecule has 4 nitrogen and oxygen atoms in total. The molecule has 0 radical (unpaired) electrons. The summed E-state index contributed by atoms with van der Waals surface area (Å²) in [6.07, 6.45) is -4.69. The minimum Gasteiger partial charge on any atom is -0.396 e. The highest BCUT2D eigenvalue weighted by Crippen LogP contribution is 2.27. The molecule has 0 unspecified atom stereocenters. The molecular weight excluding hydrogens is 344 g/mol. The first-order valence-corrected chi connectivity index (χ1v) is 6.61. The lowest BCUT2D eigenvalue weighted by Crippen LogP contribution is -2.34. The summed E-state index contributed by atoms with van der Waals surface area (Å²) in [5.41, 5.74) is 4.68. The number of hydrogen-bond acceptors (Lipinski definition) is 3. The van der Waals surface area contributed by atoms with Crippen molar-refractivity contribution in [3.8, 4) is 0 Å². The molecule has 10 heteroatoms. The maximum absolute atomic E-state index is 13.0. The van der Waals surface area contributed by atoms with E-state index < -0.39 is 39.1 Å². The zero-order chi connectivity index (χ0) is 14.1. The second-order valence-electron chi connectivity index (χ2n) is 3.24. The van der Waals surface area contributed by atoms with E-state index in [1.54, 1.807) is 0 Å². The lowest BCUT2D eigenvalue weighted by molar-refractivity contribution is -0.121. The van der Waals surface area contributed by atoms with Gasteiger partial charge in [0, 0.05) is 4.47 Å².